The lowest BCUT2D eigenvalue weighted by molar-refractivity contribution is -0.135. The fraction of sp³-hybridized carbons (Fsp3) is 0.391. The third kappa shape index (κ3) is 4.42. The predicted molar refractivity (Wildman–Crippen MR) is 116 cm³/mol. The van der Waals surface area contributed by atoms with Crippen molar-refractivity contribution in [2.45, 2.75) is 38.2 Å². The molecule has 0 bridgehead atoms. The number of carbonyl (C=O) groups excluding carboxylic acids is 2. The van der Waals surface area contributed by atoms with Gasteiger partial charge in [0, 0.05) is 36.0 Å². The number of benzene rings is 2. The van der Waals surface area contributed by atoms with Gasteiger partial charge in [-0.05, 0) is 48.9 Å². The summed E-state index contributed by atoms with van der Waals surface area (Å²) < 4.78 is 12.0. The van der Waals surface area contributed by atoms with E-state index in [1.807, 2.05) is 17.9 Å². The summed E-state index contributed by atoms with van der Waals surface area (Å²) in [6.07, 6.45) is 1.88. The van der Waals surface area contributed by atoms with Crippen molar-refractivity contribution in [3.8, 4) is 11.5 Å². The van der Waals surface area contributed by atoms with Gasteiger partial charge in [-0.2, -0.15) is 0 Å². The Morgan fingerprint density at radius 3 is 2.53 bits per heavy atom. The maximum Gasteiger partial charge on any atom is 0.226 e. The van der Waals surface area contributed by atoms with Crippen LogP contribution in [0.4, 0.5) is 0 Å². The fourth-order valence-corrected chi connectivity index (χ4v) is 4.50. The average Bonchev–Trinajstić information content (AvgIpc) is 2.71. The molecule has 5 nitrogen and oxygen atoms in total. The molecule has 2 aromatic rings. The first-order valence-electron chi connectivity index (χ1n) is 10.0. The number of likely N-dealkylation sites (tertiary alicyclic amines) is 1. The van der Waals surface area contributed by atoms with E-state index in [1.54, 1.807) is 30.3 Å². The summed E-state index contributed by atoms with van der Waals surface area (Å²) in [5.74, 6) is 1.42. The van der Waals surface area contributed by atoms with E-state index in [2.05, 4.69) is 0 Å². The minimum atomic E-state index is -0.542. The molecule has 1 fully saturated rings. The number of fused-ring (bicyclic) bond motifs is 1. The molecule has 2 aromatic carbocycles. The second kappa shape index (κ2) is 8.48. The average molecular weight is 448 g/mol. The van der Waals surface area contributed by atoms with Gasteiger partial charge in [0.25, 0.3) is 0 Å². The van der Waals surface area contributed by atoms with Crippen molar-refractivity contribution >= 4 is 34.9 Å². The minimum Gasteiger partial charge on any atom is -0.493 e. The molecule has 4 rings (SSSR count). The predicted octanol–water partition coefficient (Wildman–Crippen LogP) is 5.10. The lowest BCUT2D eigenvalue weighted by Gasteiger charge is -2.44. The molecular weight excluding hydrogens is 425 g/mol. The molecular formula is C23H23Cl2NO4. The van der Waals surface area contributed by atoms with Crippen LogP contribution in [0, 0.1) is 6.92 Å². The van der Waals surface area contributed by atoms with Crippen molar-refractivity contribution in [1.82, 2.24) is 4.90 Å². The molecule has 0 N–H and O–H groups in total. The zero-order valence-electron chi connectivity index (χ0n) is 16.7. The van der Waals surface area contributed by atoms with Gasteiger partial charge in [-0.25, -0.2) is 0 Å². The largest absolute Gasteiger partial charge is 0.493 e. The molecule has 7 heteroatoms. The molecule has 2 aliphatic heterocycles. The number of ketones is 1. The van der Waals surface area contributed by atoms with Crippen LogP contribution in [0.1, 0.15) is 41.6 Å². The Morgan fingerprint density at radius 1 is 1.13 bits per heavy atom. The van der Waals surface area contributed by atoms with E-state index < -0.39 is 5.60 Å². The molecule has 0 unspecified atom stereocenters. The maximum absolute atomic E-state index is 12.7. The Morgan fingerprint density at radius 2 is 1.83 bits per heavy atom. The summed E-state index contributed by atoms with van der Waals surface area (Å²) >= 11 is 12.0. The summed E-state index contributed by atoms with van der Waals surface area (Å²) in [5.41, 5.74) is 0.880. The molecule has 0 atom stereocenters. The van der Waals surface area contributed by atoms with Crippen LogP contribution in [0.25, 0.3) is 0 Å². The quantitative estimate of drug-likeness (QED) is 0.654. The van der Waals surface area contributed by atoms with Crippen LogP contribution in [0.3, 0.4) is 0 Å². The molecule has 30 heavy (non-hydrogen) atoms. The standard InChI is InChI=1S/C23H23Cl2NO4/c1-15-12-17(25)13-19-20(27)14-23(30-22(15)19)7-9-26(10-8-23)21(28)6-11-29-18-4-2-16(24)3-5-18/h2-5,12-13H,6-11,14H2,1H3. The number of piperidine rings is 1. The minimum absolute atomic E-state index is 0.0457. The van der Waals surface area contributed by atoms with E-state index in [0.717, 1.165) is 5.56 Å². The molecule has 1 spiro atoms. The molecule has 2 aliphatic rings. The topological polar surface area (TPSA) is 55.8 Å². The molecule has 0 saturated carbocycles. The Kier molecular flexibility index (Phi) is 5.94. The van der Waals surface area contributed by atoms with Crippen LogP contribution in [0.15, 0.2) is 36.4 Å². The number of amides is 1. The number of ether oxygens (including phenoxy) is 2. The first-order chi connectivity index (χ1) is 14.3. The molecule has 2 heterocycles. The number of Topliss-reactive ketones (excluding diaryl/α,β-unsaturated/α-hetero) is 1. The summed E-state index contributed by atoms with van der Waals surface area (Å²) in [6, 6.07) is 10.6. The normalized spacial score (nSPS) is 17.4. The van der Waals surface area contributed by atoms with E-state index in [-0.39, 0.29) is 11.7 Å². The van der Waals surface area contributed by atoms with Gasteiger partial charge in [-0.3, -0.25) is 9.59 Å². The highest BCUT2D eigenvalue weighted by Gasteiger charge is 2.44. The van der Waals surface area contributed by atoms with Crippen molar-refractivity contribution in [3.63, 3.8) is 0 Å². The molecule has 1 amide bonds. The van der Waals surface area contributed by atoms with E-state index in [9.17, 15) is 9.59 Å². The highest BCUT2D eigenvalue weighted by atomic mass is 35.5. The van der Waals surface area contributed by atoms with Crippen molar-refractivity contribution in [1.29, 1.82) is 0 Å². The van der Waals surface area contributed by atoms with Gasteiger partial charge in [0.2, 0.25) is 5.91 Å². The zero-order valence-corrected chi connectivity index (χ0v) is 18.3. The summed E-state index contributed by atoms with van der Waals surface area (Å²) in [5, 5.41) is 1.19. The SMILES string of the molecule is Cc1cc(Cl)cc2c1OC1(CCN(C(=O)CCOc3ccc(Cl)cc3)CC1)CC2=O. The number of nitrogens with zero attached hydrogens (tertiary/aromatic N) is 1. The Labute approximate surface area is 185 Å². The molecule has 1 saturated heterocycles. The van der Waals surface area contributed by atoms with E-state index in [0.29, 0.717) is 72.5 Å². The van der Waals surface area contributed by atoms with Crippen LogP contribution >= 0.6 is 23.2 Å². The number of rotatable bonds is 4. The van der Waals surface area contributed by atoms with Gasteiger partial charge in [0.05, 0.1) is 25.0 Å². The summed E-state index contributed by atoms with van der Waals surface area (Å²) in [4.78, 5) is 27.1. The first kappa shape index (κ1) is 21.0. The highest BCUT2D eigenvalue weighted by Crippen LogP contribution is 2.42. The van der Waals surface area contributed by atoms with Crippen LogP contribution in [-0.2, 0) is 4.79 Å². The molecule has 0 aliphatic carbocycles. The van der Waals surface area contributed by atoms with Gasteiger partial charge >= 0.3 is 0 Å². The second-order valence-electron chi connectivity index (χ2n) is 7.92. The van der Waals surface area contributed by atoms with Gasteiger partial charge in [-0.15, -0.1) is 0 Å². The van der Waals surface area contributed by atoms with Crippen molar-refractivity contribution in [2.75, 3.05) is 19.7 Å². The number of hydrogen-bond donors (Lipinski definition) is 0. The number of halogens is 2. The second-order valence-corrected chi connectivity index (χ2v) is 8.79. The van der Waals surface area contributed by atoms with E-state index >= 15 is 0 Å². The van der Waals surface area contributed by atoms with E-state index in [1.165, 1.54) is 0 Å². The summed E-state index contributed by atoms with van der Waals surface area (Å²) in [7, 11) is 0. The molecule has 158 valence electrons. The third-order valence-electron chi connectivity index (χ3n) is 5.77. The third-order valence-corrected chi connectivity index (χ3v) is 6.24. The lowest BCUT2D eigenvalue weighted by atomic mass is 9.82. The monoisotopic (exact) mass is 447 g/mol. The Balaban J connectivity index is 1.32. The van der Waals surface area contributed by atoms with Crippen LogP contribution < -0.4 is 9.47 Å². The number of aryl methyl sites for hydroxylation is 1. The Bertz CT molecular complexity index is 966. The number of carbonyl (C=O) groups is 2. The first-order valence-corrected chi connectivity index (χ1v) is 10.8. The van der Waals surface area contributed by atoms with Crippen molar-refractivity contribution < 1.29 is 19.1 Å². The number of hydrogen-bond acceptors (Lipinski definition) is 4. The van der Waals surface area contributed by atoms with Gasteiger partial charge in [0.1, 0.15) is 17.1 Å². The lowest BCUT2D eigenvalue weighted by Crippen LogP contribution is -2.52. The van der Waals surface area contributed by atoms with Gasteiger partial charge in [-0.1, -0.05) is 23.2 Å². The fourth-order valence-electron chi connectivity index (χ4n) is 4.10. The van der Waals surface area contributed by atoms with Crippen LogP contribution in [0.2, 0.25) is 10.0 Å². The van der Waals surface area contributed by atoms with Crippen molar-refractivity contribution in [3.05, 3.63) is 57.6 Å². The van der Waals surface area contributed by atoms with Gasteiger partial charge in [0.15, 0.2) is 5.78 Å². The van der Waals surface area contributed by atoms with Crippen LogP contribution in [0.5, 0.6) is 11.5 Å². The van der Waals surface area contributed by atoms with Crippen LogP contribution in [-0.4, -0.2) is 41.9 Å². The maximum atomic E-state index is 12.7. The van der Waals surface area contributed by atoms with E-state index in [4.69, 9.17) is 32.7 Å². The van der Waals surface area contributed by atoms with Gasteiger partial charge < -0.3 is 14.4 Å². The molecule has 0 radical (unpaired) electrons. The Hall–Kier alpha value is -2.24. The zero-order chi connectivity index (χ0) is 21.3. The smallest absolute Gasteiger partial charge is 0.226 e. The van der Waals surface area contributed by atoms with Crippen molar-refractivity contribution in [2.24, 2.45) is 0 Å². The summed E-state index contributed by atoms with van der Waals surface area (Å²) in [6.45, 7) is 3.34. The molecule has 0 aromatic heterocycles. The highest BCUT2D eigenvalue weighted by molar-refractivity contribution is 6.31.